The van der Waals surface area contributed by atoms with Crippen molar-refractivity contribution in [1.29, 1.82) is 0 Å². The summed E-state index contributed by atoms with van der Waals surface area (Å²) in [6.45, 7) is 3.87. The number of fused-ring (bicyclic) bond motifs is 1. The van der Waals surface area contributed by atoms with Crippen LogP contribution in [0, 0.1) is 12.8 Å². The summed E-state index contributed by atoms with van der Waals surface area (Å²) >= 11 is 0. The lowest BCUT2D eigenvalue weighted by Crippen LogP contribution is -2.40. The Kier molecular flexibility index (Phi) is 6.71. The van der Waals surface area contributed by atoms with Gasteiger partial charge in [-0.1, -0.05) is 24.3 Å². The van der Waals surface area contributed by atoms with Crippen molar-refractivity contribution in [3.63, 3.8) is 0 Å². The summed E-state index contributed by atoms with van der Waals surface area (Å²) in [6.07, 6.45) is 1.20. The highest BCUT2D eigenvalue weighted by Crippen LogP contribution is 2.33. The molecule has 0 spiro atoms. The predicted octanol–water partition coefficient (Wildman–Crippen LogP) is 4.75. The van der Waals surface area contributed by atoms with Gasteiger partial charge in [0.15, 0.2) is 17.3 Å². The number of hydrogen-bond acceptors (Lipinski definition) is 5. The molecule has 2 aliphatic rings. The SMILES string of the molecule is Cc1ccc(C(=O)N2CCC(C(=O)c3ccc4c(c3)OCCO4)CC2)cc1NC(=O)c1ccccc1. The second-order valence-electron chi connectivity index (χ2n) is 9.14. The number of carbonyl (C=O) groups excluding carboxylic acids is 3. The number of nitrogens with zero attached hydrogens (tertiary/aromatic N) is 1. The minimum absolute atomic E-state index is 0.0697. The molecule has 2 aliphatic heterocycles. The maximum absolute atomic E-state index is 13.2. The third-order valence-corrected chi connectivity index (χ3v) is 6.75. The average Bonchev–Trinajstić information content (AvgIpc) is 2.93. The molecule has 1 N–H and O–H groups in total. The molecule has 0 aliphatic carbocycles. The summed E-state index contributed by atoms with van der Waals surface area (Å²) in [5, 5.41) is 2.91. The first-order valence-corrected chi connectivity index (χ1v) is 12.2. The minimum Gasteiger partial charge on any atom is -0.486 e. The van der Waals surface area contributed by atoms with Gasteiger partial charge in [-0.3, -0.25) is 14.4 Å². The van der Waals surface area contributed by atoms with Crippen LogP contribution in [-0.2, 0) is 0 Å². The van der Waals surface area contributed by atoms with Gasteiger partial charge in [-0.15, -0.1) is 0 Å². The van der Waals surface area contributed by atoms with Crippen LogP contribution in [0.2, 0.25) is 0 Å². The molecule has 0 bridgehead atoms. The first-order valence-electron chi connectivity index (χ1n) is 12.2. The van der Waals surface area contributed by atoms with Crippen molar-refractivity contribution in [3.8, 4) is 11.5 Å². The van der Waals surface area contributed by atoms with Gasteiger partial charge in [0.1, 0.15) is 13.2 Å². The lowest BCUT2D eigenvalue weighted by atomic mass is 9.88. The highest BCUT2D eigenvalue weighted by molar-refractivity contribution is 6.05. The smallest absolute Gasteiger partial charge is 0.255 e. The fourth-order valence-electron chi connectivity index (χ4n) is 4.63. The molecule has 0 aromatic heterocycles. The third kappa shape index (κ3) is 4.96. The van der Waals surface area contributed by atoms with Crippen LogP contribution in [0.1, 0.15) is 49.5 Å². The van der Waals surface area contributed by atoms with Crippen molar-refractivity contribution >= 4 is 23.3 Å². The second kappa shape index (κ2) is 10.2. The van der Waals surface area contributed by atoms with Gasteiger partial charge in [0.2, 0.25) is 0 Å². The van der Waals surface area contributed by atoms with Gasteiger partial charge in [0.25, 0.3) is 11.8 Å². The number of amides is 2. The fourth-order valence-corrected chi connectivity index (χ4v) is 4.63. The normalized spacial score (nSPS) is 15.3. The van der Waals surface area contributed by atoms with E-state index in [4.69, 9.17) is 9.47 Å². The third-order valence-electron chi connectivity index (χ3n) is 6.75. The molecule has 2 heterocycles. The van der Waals surface area contributed by atoms with Crippen molar-refractivity contribution in [2.75, 3.05) is 31.6 Å². The maximum atomic E-state index is 13.2. The molecule has 1 saturated heterocycles. The van der Waals surface area contributed by atoms with E-state index in [0.29, 0.717) is 73.0 Å². The quantitative estimate of drug-likeness (QED) is 0.528. The first-order chi connectivity index (χ1) is 17.5. The van der Waals surface area contributed by atoms with Crippen LogP contribution in [-0.4, -0.2) is 48.8 Å². The number of nitrogens with one attached hydrogen (secondary N) is 1. The van der Waals surface area contributed by atoms with Crippen LogP contribution >= 0.6 is 0 Å². The van der Waals surface area contributed by atoms with Crippen LogP contribution in [0.5, 0.6) is 11.5 Å². The van der Waals surface area contributed by atoms with Crippen molar-refractivity contribution in [2.45, 2.75) is 19.8 Å². The number of benzene rings is 3. The zero-order chi connectivity index (χ0) is 25.1. The van der Waals surface area contributed by atoms with E-state index >= 15 is 0 Å². The van der Waals surface area contributed by atoms with Crippen molar-refractivity contribution in [2.24, 2.45) is 5.92 Å². The van der Waals surface area contributed by atoms with Gasteiger partial charge < -0.3 is 19.7 Å². The molecule has 0 atom stereocenters. The molecule has 3 aromatic carbocycles. The van der Waals surface area contributed by atoms with E-state index in [1.807, 2.05) is 31.2 Å². The molecule has 0 unspecified atom stereocenters. The Morgan fingerprint density at radius 3 is 2.25 bits per heavy atom. The second-order valence-corrected chi connectivity index (χ2v) is 9.14. The zero-order valence-electron chi connectivity index (χ0n) is 20.2. The van der Waals surface area contributed by atoms with Gasteiger partial charge in [0, 0.05) is 41.4 Å². The molecular formula is C29H28N2O5. The highest BCUT2D eigenvalue weighted by atomic mass is 16.6. The van der Waals surface area contributed by atoms with E-state index in [1.54, 1.807) is 47.4 Å². The lowest BCUT2D eigenvalue weighted by Gasteiger charge is -2.31. The number of likely N-dealkylation sites (tertiary alicyclic amines) is 1. The summed E-state index contributed by atoms with van der Waals surface area (Å²) < 4.78 is 11.2. The molecule has 0 radical (unpaired) electrons. The molecule has 2 amide bonds. The van der Waals surface area contributed by atoms with Gasteiger partial charge >= 0.3 is 0 Å². The molecule has 36 heavy (non-hydrogen) atoms. The van der Waals surface area contributed by atoms with E-state index in [2.05, 4.69) is 5.32 Å². The average molecular weight is 485 g/mol. The Hall–Kier alpha value is -4.13. The fraction of sp³-hybridized carbons (Fsp3) is 0.276. The number of rotatable bonds is 5. The van der Waals surface area contributed by atoms with Crippen LogP contribution in [0.3, 0.4) is 0 Å². The van der Waals surface area contributed by atoms with Crippen molar-refractivity contribution in [3.05, 3.63) is 89.0 Å². The van der Waals surface area contributed by atoms with Gasteiger partial charge in [-0.05, 0) is 67.8 Å². The lowest BCUT2D eigenvalue weighted by molar-refractivity contribution is 0.0650. The Balaban J connectivity index is 1.22. The van der Waals surface area contributed by atoms with E-state index in [0.717, 1.165) is 5.56 Å². The van der Waals surface area contributed by atoms with Crippen LogP contribution in [0.25, 0.3) is 0 Å². The number of ketones is 1. The van der Waals surface area contributed by atoms with E-state index < -0.39 is 0 Å². The largest absolute Gasteiger partial charge is 0.486 e. The number of anilines is 1. The number of hydrogen-bond donors (Lipinski definition) is 1. The summed E-state index contributed by atoms with van der Waals surface area (Å²) in [6, 6.07) is 19.6. The van der Waals surface area contributed by atoms with Crippen LogP contribution < -0.4 is 14.8 Å². The maximum Gasteiger partial charge on any atom is 0.255 e. The molecule has 0 saturated carbocycles. The number of Topliss-reactive ketones (excluding diaryl/α,β-unsaturated/α-hetero) is 1. The number of aryl methyl sites for hydroxylation is 1. The molecule has 184 valence electrons. The summed E-state index contributed by atoms with van der Waals surface area (Å²) in [7, 11) is 0. The molecule has 1 fully saturated rings. The molecule has 7 heteroatoms. The van der Waals surface area contributed by atoms with Gasteiger partial charge in [-0.2, -0.15) is 0 Å². The molecule has 3 aromatic rings. The van der Waals surface area contributed by atoms with Crippen LogP contribution in [0.4, 0.5) is 5.69 Å². The zero-order valence-corrected chi connectivity index (χ0v) is 20.2. The summed E-state index contributed by atoms with van der Waals surface area (Å²) in [5.74, 6) is 0.873. The summed E-state index contributed by atoms with van der Waals surface area (Å²) in [4.78, 5) is 40.7. The minimum atomic E-state index is -0.221. The van der Waals surface area contributed by atoms with Crippen LogP contribution in [0.15, 0.2) is 66.7 Å². The Morgan fingerprint density at radius 1 is 0.806 bits per heavy atom. The van der Waals surface area contributed by atoms with Gasteiger partial charge in [0.05, 0.1) is 0 Å². The highest BCUT2D eigenvalue weighted by Gasteiger charge is 2.29. The predicted molar refractivity (Wildman–Crippen MR) is 136 cm³/mol. The first kappa shape index (κ1) is 23.6. The number of ether oxygens (including phenoxy) is 2. The Morgan fingerprint density at radius 2 is 1.50 bits per heavy atom. The summed E-state index contributed by atoms with van der Waals surface area (Å²) in [5.41, 5.74) is 3.17. The van der Waals surface area contributed by atoms with Crippen molar-refractivity contribution < 1.29 is 23.9 Å². The van der Waals surface area contributed by atoms with E-state index in [9.17, 15) is 14.4 Å². The molecule has 5 rings (SSSR count). The molecular weight excluding hydrogens is 456 g/mol. The standard InChI is InChI=1S/C29H28N2O5/c1-19-7-8-23(17-24(19)30-28(33)21-5-3-2-4-6-21)29(34)31-13-11-20(12-14-31)27(32)22-9-10-25-26(18-22)36-16-15-35-25/h2-10,17-18,20H,11-16H2,1H3,(H,30,33). The Bertz CT molecular complexity index is 1300. The van der Waals surface area contributed by atoms with Crippen molar-refractivity contribution in [1.82, 2.24) is 4.90 Å². The van der Waals surface area contributed by atoms with E-state index in [1.165, 1.54) is 0 Å². The monoisotopic (exact) mass is 484 g/mol. The number of carbonyl (C=O) groups is 3. The topological polar surface area (TPSA) is 84.9 Å². The van der Waals surface area contributed by atoms with Gasteiger partial charge in [-0.25, -0.2) is 0 Å². The Labute approximate surface area is 210 Å². The molecule has 7 nitrogen and oxygen atoms in total. The number of piperidine rings is 1. The van der Waals surface area contributed by atoms with E-state index in [-0.39, 0.29) is 23.5 Å².